The summed E-state index contributed by atoms with van der Waals surface area (Å²) in [6.07, 6.45) is 11.2. The van der Waals surface area contributed by atoms with Gasteiger partial charge in [-0.05, 0) is 18.4 Å². The van der Waals surface area contributed by atoms with Gasteiger partial charge in [-0.1, -0.05) is 99.0 Å². The van der Waals surface area contributed by atoms with Crippen LogP contribution in [-0.4, -0.2) is 5.78 Å². The fourth-order valence-corrected chi connectivity index (χ4v) is 2.89. The zero-order chi connectivity index (χ0) is 17.0. The molecule has 0 aliphatic rings. The number of unbranched alkanes of at least 4 members (excludes halogenated alkanes) is 4. The van der Waals surface area contributed by atoms with Crippen molar-refractivity contribution in [2.75, 3.05) is 0 Å². The lowest BCUT2D eigenvalue weighted by molar-refractivity contribution is 0.0978. The first-order valence-electron chi connectivity index (χ1n) is 9.11. The Bertz CT molecular complexity index is 613. The minimum absolute atomic E-state index is 0.157. The summed E-state index contributed by atoms with van der Waals surface area (Å²) in [5, 5.41) is 0. The van der Waals surface area contributed by atoms with Gasteiger partial charge in [0.25, 0.3) is 0 Å². The van der Waals surface area contributed by atoms with Gasteiger partial charge in [0, 0.05) is 17.9 Å². The highest BCUT2D eigenvalue weighted by atomic mass is 16.1. The number of carbonyl (C=O) groups is 1. The molecule has 0 saturated carbocycles. The molecule has 0 aliphatic heterocycles. The highest BCUT2D eigenvalue weighted by Crippen LogP contribution is 2.24. The number of benzene rings is 2. The van der Waals surface area contributed by atoms with E-state index in [9.17, 15) is 4.79 Å². The molecular weight excluding hydrogens is 292 g/mol. The van der Waals surface area contributed by atoms with Gasteiger partial charge in [-0.2, -0.15) is 0 Å². The van der Waals surface area contributed by atoms with E-state index in [0.717, 1.165) is 12.0 Å². The summed E-state index contributed by atoms with van der Waals surface area (Å²) in [7, 11) is 0. The highest BCUT2D eigenvalue weighted by molar-refractivity contribution is 5.96. The fraction of sp³-hybridized carbons (Fsp3) is 0.348. The standard InChI is InChI=1S/C23H28O/c1-2-3-4-5-6-9-18-22(20-14-10-7-11-15-20)19-23(24)21-16-12-8-13-17-21/h7-18,22H,2-6,19H2,1H3/b18-9-/t22-/m1/s1. The van der Waals surface area contributed by atoms with Crippen molar-refractivity contribution >= 4 is 5.78 Å². The predicted octanol–water partition coefficient (Wildman–Crippen LogP) is 6.57. The molecule has 0 bridgehead atoms. The Balaban J connectivity index is 2.01. The quantitative estimate of drug-likeness (QED) is 0.275. The molecule has 0 aliphatic carbocycles. The SMILES string of the molecule is CCCCCC/C=C\[C@H](CC(=O)c1ccccc1)c1ccccc1. The van der Waals surface area contributed by atoms with Gasteiger partial charge in [0.15, 0.2) is 5.78 Å². The van der Waals surface area contributed by atoms with E-state index in [1.54, 1.807) is 0 Å². The molecule has 0 aromatic heterocycles. The second kappa shape index (κ2) is 10.6. The van der Waals surface area contributed by atoms with Gasteiger partial charge in [-0.3, -0.25) is 4.79 Å². The van der Waals surface area contributed by atoms with Gasteiger partial charge in [0.2, 0.25) is 0 Å². The van der Waals surface area contributed by atoms with Crippen molar-refractivity contribution in [3.63, 3.8) is 0 Å². The molecule has 2 aromatic rings. The molecule has 2 aromatic carbocycles. The Kier molecular flexibility index (Phi) is 8.03. The molecule has 1 heteroatoms. The number of hydrogen-bond donors (Lipinski definition) is 0. The number of rotatable bonds is 10. The second-order valence-corrected chi connectivity index (χ2v) is 6.29. The molecule has 1 atom stereocenters. The third-order valence-electron chi connectivity index (χ3n) is 4.32. The van der Waals surface area contributed by atoms with E-state index < -0.39 is 0 Å². The van der Waals surface area contributed by atoms with Crippen molar-refractivity contribution in [2.24, 2.45) is 0 Å². The van der Waals surface area contributed by atoms with E-state index >= 15 is 0 Å². The Hall–Kier alpha value is -2.15. The maximum absolute atomic E-state index is 12.6. The van der Waals surface area contributed by atoms with Crippen molar-refractivity contribution in [1.29, 1.82) is 0 Å². The van der Waals surface area contributed by atoms with Crippen LogP contribution in [0.2, 0.25) is 0 Å². The third-order valence-corrected chi connectivity index (χ3v) is 4.32. The van der Waals surface area contributed by atoms with Gasteiger partial charge in [-0.25, -0.2) is 0 Å². The zero-order valence-corrected chi connectivity index (χ0v) is 14.7. The summed E-state index contributed by atoms with van der Waals surface area (Å²) in [5.41, 5.74) is 2.02. The van der Waals surface area contributed by atoms with Crippen LogP contribution in [0.25, 0.3) is 0 Å². The topological polar surface area (TPSA) is 17.1 Å². The average molecular weight is 320 g/mol. The van der Waals surface area contributed by atoms with Gasteiger partial charge in [0.1, 0.15) is 0 Å². The van der Waals surface area contributed by atoms with Crippen LogP contribution >= 0.6 is 0 Å². The minimum Gasteiger partial charge on any atom is -0.294 e. The Labute approximate surface area is 146 Å². The first kappa shape index (κ1) is 18.2. The smallest absolute Gasteiger partial charge is 0.163 e. The molecular formula is C23H28O. The highest BCUT2D eigenvalue weighted by Gasteiger charge is 2.14. The average Bonchev–Trinajstić information content (AvgIpc) is 2.65. The van der Waals surface area contributed by atoms with Crippen molar-refractivity contribution in [3.05, 3.63) is 83.9 Å². The van der Waals surface area contributed by atoms with E-state index in [-0.39, 0.29) is 11.7 Å². The summed E-state index contributed by atoms with van der Waals surface area (Å²) in [4.78, 5) is 12.6. The van der Waals surface area contributed by atoms with Crippen molar-refractivity contribution < 1.29 is 4.79 Å². The number of allylic oxidation sites excluding steroid dienone is 2. The molecule has 126 valence electrons. The second-order valence-electron chi connectivity index (χ2n) is 6.29. The molecule has 0 amide bonds. The van der Waals surface area contributed by atoms with E-state index in [2.05, 4.69) is 31.2 Å². The van der Waals surface area contributed by atoms with Crippen molar-refractivity contribution in [3.8, 4) is 0 Å². The van der Waals surface area contributed by atoms with Crippen LogP contribution in [-0.2, 0) is 0 Å². The van der Waals surface area contributed by atoms with E-state index in [0.29, 0.717) is 6.42 Å². The van der Waals surface area contributed by atoms with Gasteiger partial charge < -0.3 is 0 Å². The van der Waals surface area contributed by atoms with Crippen LogP contribution in [0.15, 0.2) is 72.8 Å². The lowest BCUT2D eigenvalue weighted by Crippen LogP contribution is -2.06. The van der Waals surface area contributed by atoms with Gasteiger partial charge >= 0.3 is 0 Å². The molecule has 0 spiro atoms. The largest absolute Gasteiger partial charge is 0.294 e. The molecule has 0 radical (unpaired) electrons. The van der Waals surface area contributed by atoms with Gasteiger partial charge in [0.05, 0.1) is 0 Å². The zero-order valence-electron chi connectivity index (χ0n) is 14.7. The number of carbonyl (C=O) groups excluding carboxylic acids is 1. The van der Waals surface area contributed by atoms with Crippen molar-refractivity contribution in [2.45, 2.75) is 51.4 Å². The first-order chi connectivity index (χ1) is 11.8. The monoisotopic (exact) mass is 320 g/mol. The van der Waals surface area contributed by atoms with Crippen LogP contribution < -0.4 is 0 Å². The number of hydrogen-bond acceptors (Lipinski definition) is 1. The van der Waals surface area contributed by atoms with Crippen LogP contribution in [0.5, 0.6) is 0 Å². The molecule has 2 rings (SSSR count). The Morgan fingerprint density at radius 3 is 2.25 bits per heavy atom. The summed E-state index contributed by atoms with van der Waals surface area (Å²) in [6, 6.07) is 19.9. The maximum Gasteiger partial charge on any atom is 0.163 e. The van der Waals surface area contributed by atoms with E-state index in [1.807, 2.05) is 48.5 Å². The third kappa shape index (κ3) is 6.16. The van der Waals surface area contributed by atoms with Gasteiger partial charge in [-0.15, -0.1) is 0 Å². The molecule has 0 N–H and O–H groups in total. The maximum atomic E-state index is 12.6. The van der Waals surface area contributed by atoms with Crippen LogP contribution in [0.3, 0.4) is 0 Å². The molecule has 0 saturated heterocycles. The summed E-state index contributed by atoms with van der Waals surface area (Å²) in [6.45, 7) is 2.23. The van der Waals surface area contributed by atoms with Crippen LogP contribution in [0.4, 0.5) is 0 Å². The number of Topliss-reactive ketones (excluding diaryl/α,β-unsaturated/α-hetero) is 1. The van der Waals surface area contributed by atoms with Crippen LogP contribution in [0, 0.1) is 0 Å². The predicted molar refractivity (Wildman–Crippen MR) is 102 cm³/mol. The normalized spacial score (nSPS) is 12.4. The summed E-state index contributed by atoms with van der Waals surface area (Å²) >= 11 is 0. The van der Waals surface area contributed by atoms with Crippen molar-refractivity contribution in [1.82, 2.24) is 0 Å². The molecule has 0 fully saturated rings. The minimum atomic E-state index is 0.157. The van der Waals surface area contributed by atoms with E-state index in [4.69, 9.17) is 0 Å². The first-order valence-corrected chi connectivity index (χ1v) is 9.11. The summed E-state index contributed by atoms with van der Waals surface area (Å²) < 4.78 is 0. The molecule has 0 heterocycles. The molecule has 1 nitrogen and oxygen atoms in total. The Morgan fingerprint density at radius 2 is 1.58 bits per heavy atom. The molecule has 24 heavy (non-hydrogen) atoms. The Morgan fingerprint density at radius 1 is 0.917 bits per heavy atom. The van der Waals surface area contributed by atoms with Crippen LogP contribution in [0.1, 0.15) is 67.3 Å². The lowest BCUT2D eigenvalue weighted by Gasteiger charge is -2.13. The molecule has 0 unspecified atom stereocenters. The van der Waals surface area contributed by atoms with E-state index in [1.165, 1.54) is 31.2 Å². The lowest BCUT2D eigenvalue weighted by atomic mass is 9.91. The fourth-order valence-electron chi connectivity index (χ4n) is 2.89. The summed E-state index contributed by atoms with van der Waals surface area (Å²) in [5.74, 6) is 0.366. The number of ketones is 1.